The third kappa shape index (κ3) is 3.99. The molecule has 2 aromatic carbocycles. The predicted molar refractivity (Wildman–Crippen MR) is 100 cm³/mol. The average Bonchev–Trinajstić information content (AvgIpc) is 2.97. The van der Waals surface area contributed by atoms with E-state index in [0.717, 1.165) is 28.2 Å². The number of carbonyl (C=O) groups is 1. The molecular weight excluding hydrogens is 318 g/mol. The van der Waals surface area contributed by atoms with Gasteiger partial charge in [0.15, 0.2) is 0 Å². The molecule has 0 aliphatic heterocycles. The third-order valence-electron chi connectivity index (χ3n) is 3.83. The molecule has 1 heterocycles. The fraction of sp³-hybridized carbons (Fsp3) is 0.263. The fourth-order valence-electron chi connectivity index (χ4n) is 2.66. The van der Waals surface area contributed by atoms with Crippen LogP contribution in [-0.2, 0) is 17.8 Å². The number of fused-ring (bicyclic) bond motifs is 1. The SMILES string of the molecule is CCc1ccccc1NC(=O)CN(C)Cc1nc2ccccc2s1. The highest BCUT2D eigenvalue weighted by molar-refractivity contribution is 7.18. The number of carbonyl (C=O) groups excluding carboxylic acids is 1. The van der Waals surface area contributed by atoms with Gasteiger partial charge in [-0.2, -0.15) is 0 Å². The van der Waals surface area contributed by atoms with E-state index < -0.39 is 0 Å². The summed E-state index contributed by atoms with van der Waals surface area (Å²) >= 11 is 1.68. The van der Waals surface area contributed by atoms with Gasteiger partial charge in [-0.1, -0.05) is 37.3 Å². The molecule has 0 aliphatic carbocycles. The van der Waals surface area contributed by atoms with Crippen molar-refractivity contribution in [1.82, 2.24) is 9.88 Å². The van der Waals surface area contributed by atoms with Crippen molar-refractivity contribution in [3.8, 4) is 0 Å². The van der Waals surface area contributed by atoms with Gasteiger partial charge in [0.1, 0.15) is 5.01 Å². The molecule has 1 N–H and O–H groups in total. The molecule has 24 heavy (non-hydrogen) atoms. The van der Waals surface area contributed by atoms with Crippen LogP contribution in [0.4, 0.5) is 5.69 Å². The van der Waals surface area contributed by atoms with Gasteiger partial charge in [0.2, 0.25) is 5.91 Å². The maximum absolute atomic E-state index is 12.3. The molecule has 1 amide bonds. The van der Waals surface area contributed by atoms with Crippen LogP contribution in [0.3, 0.4) is 0 Å². The fourth-order valence-corrected chi connectivity index (χ4v) is 3.71. The zero-order chi connectivity index (χ0) is 16.9. The average molecular weight is 339 g/mol. The Labute approximate surface area is 146 Å². The molecule has 4 nitrogen and oxygen atoms in total. The van der Waals surface area contributed by atoms with E-state index >= 15 is 0 Å². The van der Waals surface area contributed by atoms with E-state index in [1.165, 1.54) is 4.70 Å². The third-order valence-corrected chi connectivity index (χ3v) is 4.85. The standard InChI is InChI=1S/C19H21N3OS/c1-3-14-8-4-5-9-15(14)20-18(23)12-22(2)13-19-21-16-10-6-7-11-17(16)24-19/h4-11H,3,12-13H2,1-2H3,(H,20,23). The predicted octanol–water partition coefficient (Wildman–Crippen LogP) is 3.93. The highest BCUT2D eigenvalue weighted by atomic mass is 32.1. The number of benzene rings is 2. The first-order chi connectivity index (χ1) is 11.7. The summed E-state index contributed by atoms with van der Waals surface area (Å²) in [6.45, 7) is 3.10. The van der Waals surface area contributed by atoms with Crippen LogP contribution in [0.15, 0.2) is 48.5 Å². The Balaban J connectivity index is 1.59. The van der Waals surface area contributed by atoms with E-state index in [9.17, 15) is 4.79 Å². The van der Waals surface area contributed by atoms with Gasteiger partial charge in [-0.15, -0.1) is 11.3 Å². The molecular formula is C19H21N3OS. The van der Waals surface area contributed by atoms with Crippen molar-refractivity contribution < 1.29 is 4.79 Å². The number of thiazole rings is 1. The molecule has 0 saturated carbocycles. The van der Waals surface area contributed by atoms with Crippen LogP contribution in [0.25, 0.3) is 10.2 Å². The molecule has 0 unspecified atom stereocenters. The first-order valence-electron chi connectivity index (χ1n) is 8.06. The van der Waals surface area contributed by atoms with Crippen molar-refractivity contribution in [2.75, 3.05) is 18.9 Å². The molecule has 3 aromatic rings. The lowest BCUT2D eigenvalue weighted by Gasteiger charge is -2.16. The molecule has 0 saturated heterocycles. The first-order valence-corrected chi connectivity index (χ1v) is 8.88. The second kappa shape index (κ2) is 7.55. The normalized spacial score (nSPS) is 11.1. The minimum absolute atomic E-state index is 0.000453. The minimum Gasteiger partial charge on any atom is -0.325 e. The van der Waals surface area contributed by atoms with Crippen molar-refractivity contribution in [3.63, 3.8) is 0 Å². The second-order valence-electron chi connectivity index (χ2n) is 5.81. The van der Waals surface area contributed by atoms with Gasteiger partial charge in [0.25, 0.3) is 0 Å². The number of anilines is 1. The molecule has 0 aliphatic rings. The maximum Gasteiger partial charge on any atom is 0.238 e. The monoisotopic (exact) mass is 339 g/mol. The topological polar surface area (TPSA) is 45.2 Å². The van der Waals surface area contributed by atoms with E-state index in [1.54, 1.807) is 11.3 Å². The lowest BCUT2D eigenvalue weighted by atomic mass is 10.1. The van der Waals surface area contributed by atoms with E-state index in [1.807, 2.05) is 54.4 Å². The van der Waals surface area contributed by atoms with Gasteiger partial charge in [-0.05, 0) is 37.2 Å². The highest BCUT2D eigenvalue weighted by Gasteiger charge is 2.11. The van der Waals surface area contributed by atoms with E-state index in [2.05, 4.69) is 23.3 Å². The molecule has 0 spiro atoms. The number of hydrogen-bond acceptors (Lipinski definition) is 4. The molecule has 3 rings (SSSR count). The Kier molecular flexibility index (Phi) is 5.23. The summed E-state index contributed by atoms with van der Waals surface area (Å²) in [4.78, 5) is 18.9. The zero-order valence-corrected chi connectivity index (χ0v) is 14.8. The van der Waals surface area contributed by atoms with Crippen molar-refractivity contribution in [1.29, 1.82) is 0 Å². The molecule has 0 bridgehead atoms. The van der Waals surface area contributed by atoms with Crippen molar-refractivity contribution in [2.24, 2.45) is 0 Å². The molecule has 1 aromatic heterocycles. The Bertz CT molecular complexity index is 810. The minimum atomic E-state index is -0.000453. The van der Waals surface area contributed by atoms with Crippen LogP contribution in [0.5, 0.6) is 0 Å². The van der Waals surface area contributed by atoms with Crippen LogP contribution in [0, 0.1) is 0 Å². The zero-order valence-electron chi connectivity index (χ0n) is 14.0. The quantitative estimate of drug-likeness (QED) is 0.740. The van der Waals surface area contributed by atoms with Crippen molar-refractivity contribution in [3.05, 3.63) is 59.1 Å². The number of aryl methyl sites for hydroxylation is 1. The van der Waals surface area contributed by atoms with Crippen LogP contribution < -0.4 is 5.32 Å². The molecule has 124 valence electrons. The number of nitrogens with zero attached hydrogens (tertiary/aromatic N) is 2. The first kappa shape index (κ1) is 16.6. The molecule has 0 atom stereocenters. The van der Waals surface area contributed by atoms with E-state index in [0.29, 0.717) is 13.1 Å². The number of hydrogen-bond donors (Lipinski definition) is 1. The van der Waals surface area contributed by atoms with Gasteiger partial charge in [-0.25, -0.2) is 4.98 Å². The van der Waals surface area contributed by atoms with Gasteiger partial charge >= 0.3 is 0 Å². The van der Waals surface area contributed by atoms with Gasteiger partial charge in [0, 0.05) is 5.69 Å². The summed E-state index contributed by atoms with van der Waals surface area (Å²) in [5.74, 6) is -0.000453. The number of para-hydroxylation sites is 2. The lowest BCUT2D eigenvalue weighted by Crippen LogP contribution is -2.30. The lowest BCUT2D eigenvalue weighted by molar-refractivity contribution is -0.117. The number of likely N-dealkylation sites (N-methyl/N-ethyl adjacent to an activating group) is 1. The van der Waals surface area contributed by atoms with E-state index in [4.69, 9.17) is 0 Å². The summed E-state index contributed by atoms with van der Waals surface area (Å²) in [6.07, 6.45) is 0.901. The van der Waals surface area contributed by atoms with Gasteiger partial charge < -0.3 is 5.32 Å². The van der Waals surface area contributed by atoms with Crippen molar-refractivity contribution >= 4 is 33.1 Å². The molecule has 5 heteroatoms. The van der Waals surface area contributed by atoms with E-state index in [-0.39, 0.29) is 5.91 Å². The Morgan fingerprint density at radius 3 is 2.71 bits per heavy atom. The van der Waals surface area contributed by atoms with Crippen LogP contribution in [0.1, 0.15) is 17.5 Å². The summed E-state index contributed by atoms with van der Waals surface area (Å²) in [5.41, 5.74) is 3.07. The largest absolute Gasteiger partial charge is 0.325 e. The Morgan fingerprint density at radius 1 is 1.17 bits per heavy atom. The summed E-state index contributed by atoms with van der Waals surface area (Å²) < 4.78 is 1.18. The van der Waals surface area contributed by atoms with Crippen LogP contribution in [0.2, 0.25) is 0 Å². The molecule has 0 radical (unpaired) electrons. The number of aromatic nitrogens is 1. The molecule has 0 fully saturated rings. The Morgan fingerprint density at radius 2 is 1.92 bits per heavy atom. The van der Waals surface area contributed by atoms with Crippen molar-refractivity contribution in [2.45, 2.75) is 19.9 Å². The summed E-state index contributed by atoms with van der Waals surface area (Å²) in [7, 11) is 1.94. The van der Waals surface area contributed by atoms with Crippen LogP contribution >= 0.6 is 11.3 Å². The maximum atomic E-state index is 12.3. The highest BCUT2D eigenvalue weighted by Crippen LogP contribution is 2.22. The number of rotatable bonds is 6. The Hall–Kier alpha value is -2.24. The van der Waals surface area contributed by atoms with Crippen LogP contribution in [-0.4, -0.2) is 29.4 Å². The smallest absolute Gasteiger partial charge is 0.238 e. The van der Waals surface area contributed by atoms with Gasteiger partial charge in [-0.3, -0.25) is 9.69 Å². The second-order valence-corrected chi connectivity index (χ2v) is 6.92. The summed E-state index contributed by atoms with van der Waals surface area (Å²) in [6, 6.07) is 16.0. The van der Waals surface area contributed by atoms with Gasteiger partial charge in [0.05, 0.1) is 23.3 Å². The number of nitrogens with one attached hydrogen (secondary N) is 1. The summed E-state index contributed by atoms with van der Waals surface area (Å²) in [5, 5.41) is 4.04. The number of amides is 1.